The molecule has 0 spiro atoms. The number of nitrogens with zero attached hydrogens (tertiary/aromatic N) is 26. The molecule has 33 nitrogen and oxygen atoms in total. The minimum absolute atomic E-state index is 0.110. The van der Waals surface area contributed by atoms with Crippen LogP contribution in [0.25, 0.3) is 139 Å². The normalized spacial score (nSPS) is 18.9. The summed E-state index contributed by atoms with van der Waals surface area (Å²) < 4.78 is 19.3. The summed E-state index contributed by atoms with van der Waals surface area (Å²) in [7, 11) is 1.69. The van der Waals surface area contributed by atoms with Gasteiger partial charge in [-0.05, 0) is 196 Å². The lowest BCUT2D eigenvalue weighted by Gasteiger charge is -2.36. The summed E-state index contributed by atoms with van der Waals surface area (Å²) in [5.41, 5.74) is 18.6. The van der Waals surface area contributed by atoms with Crippen LogP contribution >= 0.6 is 11.6 Å². The number of anilines is 2. The molecule has 5 atom stereocenters. The number of carbonyl (C=O) groups is 3. The minimum Gasteiger partial charge on any atom is -0.369 e. The van der Waals surface area contributed by atoms with E-state index in [4.69, 9.17) is 46.2 Å². The highest BCUT2D eigenvalue weighted by Gasteiger charge is 2.47. The van der Waals surface area contributed by atoms with Gasteiger partial charge in [0.2, 0.25) is 17.7 Å². The lowest BCUT2D eigenvalue weighted by Crippen LogP contribution is -2.51. The molecule has 12 aromatic heterocycles. The third kappa shape index (κ3) is 18.6. The van der Waals surface area contributed by atoms with E-state index < -0.39 is 11.4 Å². The molecule has 18 aromatic rings. The average molecular weight is 1900 g/mol. The van der Waals surface area contributed by atoms with Gasteiger partial charge in [-0.3, -0.25) is 54.3 Å². The fourth-order valence-corrected chi connectivity index (χ4v) is 20.9. The number of hydrogen-bond acceptors (Lipinski definition) is 27. The molecule has 35 heteroatoms. The number of aryl methyl sites for hydroxylation is 1. The predicted octanol–water partition coefficient (Wildman–Crippen LogP) is 14.5. The van der Waals surface area contributed by atoms with Gasteiger partial charge in [0.15, 0.2) is 29.1 Å². The Labute approximate surface area is 813 Å². The van der Waals surface area contributed by atoms with Crippen molar-refractivity contribution in [2.24, 2.45) is 0 Å². The van der Waals surface area contributed by atoms with Crippen LogP contribution in [0.2, 0.25) is 5.15 Å². The number of nitrogens with one attached hydrogen (secondary N) is 3. The number of benzene rings is 6. The zero-order chi connectivity index (χ0) is 95.2. The number of rotatable bonds is 19. The Morgan fingerprint density at radius 2 is 0.957 bits per heavy atom. The average Bonchev–Trinajstić information content (AvgIpc) is 1.56. The molecule has 3 N–H and O–H groups in total. The molecule has 0 radical (unpaired) electrons. The maximum atomic E-state index is 13.5. The molecule has 6 aromatic carbocycles. The second kappa shape index (κ2) is 38.6. The first kappa shape index (κ1) is 89.2. The summed E-state index contributed by atoms with van der Waals surface area (Å²) in [6.07, 6.45) is 30.4. The van der Waals surface area contributed by atoms with Crippen LogP contribution in [0, 0.1) is 12.7 Å². The number of piperazine rings is 2. The first-order valence-corrected chi connectivity index (χ1v) is 48.0. The molecule has 19 heterocycles. The Morgan fingerprint density at radius 1 is 0.454 bits per heavy atom. The van der Waals surface area contributed by atoms with Gasteiger partial charge < -0.3 is 29.2 Å². The highest BCUT2D eigenvalue weighted by Crippen LogP contribution is 2.41. The lowest BCUT2D eigenvalue weighted by molar-refractivity contribution is -0.133. The lowest BCUT2D eigenvalue weighted by atomic mass is 9.98. The van der Waals surface area contributed by atoms with Crippen molar-refractivity contribution < 1.29 is 23.5 Å². The van der Waals surface area contributed by atoms with Crippen LogP contribution in [-0.2, 0) is 24.7 Å². The van der Waals surface area contributed by atoms with E-state index in [2.05, 4.69) is 184 Å². The van der Waals surface area contributed by atoms with E-state index in [1.54, 1.807) is 56.6 Å². The van der Waals surface area contributed by atoms with E-state index in [9.17, 15) is 18.8 Å². The first-order valence-electron chi connectivity index (χ1n) is 47.6. The molecular formula is C106H97ClFN29O4. The summed E-state index contributed by atoms with van der Waals surface area (Å²) in [5, 5.41) is 29.2. The number of H-pyrrole nitrogens is 3. The van der Waals surface area contributed by atoms with Crippen molar-refractivity contribution in [3.8, 4) is 67.9 Å². The number of fused-ring (bicyclic) bond motifs is 8. The van der Waals surface area contributed by atoms with Gasteiger partial charge in [0.05, 0.1) is 71.2 Å². The Hall–Kier alpha value is -15.8. The number of methoxy groups -OCH3 is 1. The summed E-state index contributed by atoms with van der Waals surface area (Å²) >= 11 is 6.15. The van der Waals surface area contributed by atoms with Crippen molar-refractivity contribution in [1.82, 2.24) is 135 Å². The number of amides is 3. The molecule has 0 aliphatic carbocycles. The summed E-state index contributed by atoms with van der Waals surface area (Å²) in [6, 6.07) is 50.9. The second-order valence-electron chi connectivity index (χ2n) is 37.2. The minimum atomic E-state index is -0.715. The van der Waals surface area contributed by atoms with E-state index in [0.29, 0.717) is 80.9 Å². The molecule has 141 heavy (non-hydrogen) atoms. The van der Waals surface area contributed by atoms with E-state index >= 15 is 0 Å². The van der Waals surface area contributed by atoms with Gasteiger partial charge in [-0.15, -0.1) is 0 Å². The largest absolute Gasteiger partial charge is 0.369 e. The van der Waals surface area contributed by atoms with E-state index in [1.807, 2.05) is 121 Å². The molecule has 6 saturated heterocycles. The first-order chi connectivity index (χ1) is 69.1. The van der Waals surface area contributed by atoms with Crippen molar-refractivity contribution >= 4 is 112 Å². The van der Waals surface area contributed by atoms with E-state index in [1.165, 1.54) is 18.0 Å². The van der Waals surface area contributed by atoms with Gasteiger partial charge in [-0.25, -0.2) is 69.2 Å². The number of likely N-dealkylation sites (tertiary alicyclic amines) is 4. The van der Waals surface area contributed by atoms with Gasteiger partial charge >= 0.3 is 0 Å². The smallest absolute Gasteiger partial charge is 0.237 e. The van der Waals surface area contributed by atoms with Gasteiger partial charge in [-0.1, -0.05) is 41.9 Å². The zero-order valence-electron chi connectivity index (χ0n) is 77.5. The van der Waals surface area contributed by atoms with Crippen LogP contribution in [0.1, 0.15) is 72.5 Å². The number of aromatic nitrogens is 21. The second-order valence-corrected chi connectivity index (χ2v) is 37.5. The third-order valence-electron chi connectivity index (χ3n) is 28.4. The molecule has 7 aliphatic rings. The summed E-state index contributed by atoms with van der Waals surface area (Å²) in [5.74, 6) is 4.65. The van der Waals surface area contributed by atoms with E-state index in [0.717, 1.165) is 247 Å². The Morgan fingerprint density at radius 3 is 1.50 bits per heavy atom. The van der Waals surface area contributed by atoms with Crippen molar-refractivity contribution in [1.29, 1.82) is 0 Å². The highest BCUT2D eigenvalue weighted by atomic mass is 35.5. The fraction of sp³-hybridized carbons (Fsp3) is 0.274. The molecule has 0 saturated carbocycles. The van der Waals surface area contributed by atoms with Crippen molar-refractivity contribution in [2.75, 3.05) is 128 Å². The van der Waals surface area contributed by atoms with E-state index in [-0.39, 0.29) is 35.6 Å². The van der Waals surface area contributed by atoms with Crippen LogP contribution in [0.15, 0.2) is 244 Å². The number of hydrogen-bond donors (Lipinski definition) is 3. The fourth-order valence-electron chi connectivity index (χ4n) is 20.7. The molecule has 6 fully saturated rings. The highest BCUT2D eigenvalue weighted by molar-refractivity contribution is 6.29. The Kier molecular flexibility index (Phi) is 24.4. The van der Waals surface area contributed by atoms with Crippen LogP contribution in [0.5, 0.6) is 0 Å². The maximum Gasteiger partial charge on any atom is 0.237 e. The summed E-state index contributed by atoms with van der Waals surface area (Å²) in [6.45, 7) is 13.6. The SMILES string of the molecule is CO[C@@]1(c2ncc3cc4[nH]nc(-c5ccnc(Cl)c5)c4cc3n2)CCN(CC(=O)N2CC=C(c3ccc(-c4ncccn4)cc3)CC2)C1.Cc1cnc(-c2ccc(N3CCN(C(=O)CN4CCC(c5ncc6cc7[nH]nc(-c8ccncc8)c7cc6n5)C4)CC3)cc2)nc1.O=C(CN1CC[C@@H](c2ncc3cc4[nH]nc(-c5ccncc5)c4cc3n2)C1)N1C[C@@H]2C[C@H]1CN2c1ccc(-c2ncc(F)cn2)cc1. The number of aromatic amines is 3. The molecular weight excluding hydrogens is 1800 g/mol. The standard InChI is InChI=1S/C36H32ClN9O2.C35H31FN10O.C35H34N10O/c1-48-36(35-41-20-27-17-30-28(19-29(27)42-35)33(44-43-30)26-7-13-38-31(37)18-26)10-16-45(22-36)21-32(47)46-14-8-24(9-15-46)23-3-5-25(6-4-23)34-39-11-2-12-40-34;36-25-15-39-34(40-16-25)22-1-3-26(4-2-22)45-18-28-12-27(45)19-46(28)32(47)20-44-10-7-23(17-44)35-38-14-24-11-31-29(13-30(24)41-35)33(43-42-31)21-5-8-37-9-6-21;1-23-18-37-34(38-19-23)25-2-4-28(5-3-25)44-12-14-45(15-13-44)32(46)22-43-11-8-26(21-43)35-39-20-27-16-31-29(17-30(27)40-35)33(42-41-31)24-6-9-36-10-7-24/h2-8,11-13,17-20H,9-10,14-16,21-22H2,1H3,(H,43,44);1-6,8-9,11,13-16,23,27-28H,7,10,12,17-20H2,(H,42,43);2-7,9-10,16-20,26H,8,11-15,21-22H2,1H3,(H,41,42)/t36-;23-,27+,28+;/m01./s1. The number of ether oxygens (including phenoxy) is 1. The number of halogens is 2. The van der Waals surface area contributed by atoms with Crippen LogP contribution in [0.3, 0.4) is 0 Å². The molecule has 3 amide bonds. The quantitative estimate of drug-likeness (QED) is 0.0633. The van der Waals surface area contributed by atoms with Crippen molar-refractivity contribution in [3.05, 3.63) is 284 Å². The number of pyridine rings is 3. The van der Waals surface area contributed by atoms with Gasteiger partial charge in [-0.2, -0.15) is 15.3 Å². The zero-order valence-corrected chi connectivity index (χ0v) is 78.2. The van der Waals surface area contributed by atoms with Gasteiger partial charge in [0.1, 0.15) is 39.5 Å². The molecule has 1 unspecified atom stereocenters. The van der Waals surface area contributed by atoms with Crippen molar-refractivity contribution in [3.63, 3.8) is 0 Å². The third-order valence-corrected chi connectivity index (χ3v) is 28.6. The molecule has 2 bridgehead atoms. The molecule has 704 valence electrons. The summed E-state index contributed by atoms with van der Waals surface area (Å²) in [4.78, 5) is 125. The van der Waals surface area contributed by atoms with Crippen molar-refractivity contribution in [2.45, 2.75) is 68.5 Å². The topological polar surface area (TPSA) is 366 Å². The monoisotopic (exact) mass is 1890 g/mol. The molecule has 25 rings (SSSR count). The number of carbonyl (C=O) groups excluding carboxylic acids is 3. The Balaban J connectivity index is 0.000000118. The van der Waals surface area contributed by atoms with Crippen LogP contribution in [-0.4, -0.2) is 283 Å². The van der Waals surface area contributed by atoms with Gasteiger partial charge in [0.25, 0.3) is 0 Å². The van der Waals surface area contributed by atoms with Crippen LogP contribution < -0.4 is 9.80 Å². The van der Waals surface area contributed by atoms with Gasteiger partial charge in [0, 0.05) is 255 Å². The maximum absolute atomic E-state index is 13.5. The Bertz CT molecular complexity index is 7720. The predicted molar refractivity (Wildman–Crippen MR) is 536 cm³/mol. The molecule has 7 aliphatic heterocycles. The van der Waals surface area contributed by atoms with Crippen LogP contribution in [0.4, 0.5) is 15.8 Å².